The van der Waals surface area contributed by atoms with Gasteiger partial charge in [0.15, 0.2) is 0 Å². The lowest BCUT2D eigenvalue weighted by Crippen LogP contribution is -1.91. The molecule has 3 heteroatoms. The monoisotopic (exact) mass is 708 g/mol. The molecule has 0 aliphatic heterocycles. The minimum atomic E-state index is 0.913. The predicted octanol–water partition coefficient (Wildman–Crippen LogP) is 15.6. The summed E-state index contributed by atoms with van der Waals surface area (Å²) >= 11 is 3.83. The number of furan rings is 1. The molecule has 0 bridgehead atoms. The molecule has 0 aliphatic carbocycles. The lowest BCUT2D eigenvalue weighted by molar-refractivity contribution is 0.669. The second kappa shape index (κ2) is 11.1. The van der Waals surface area contributed by atoms with E-state index in [-0.39, 0.29) is 0 Å². The highest BCUT2D eigenvalue weighted by Gasteiger charge is 2.21. The maximum Gasteiger partial charge on any atom is 0.136 e. The first-order valence-corrected chi connectivity index (χ1v) is 19.6. The van der Waals surface area contributed by atoms with Crippen LogP contribution in [-0.2, 0) is 0 Å². The molecule has 0 fully saturated rings. The summed E-state index contributed by atoms with van der Waals surface area (Å²) in [6, 6.07) is 62.2. The van der Waals surface area contributed by atoms with Crippen molar-refractivity contribution in [2.45, 2.75) is 0 Å². The van der Waals surface area contributed by atoms with Gasteiger partial charge in [-0.15, -0.1) is 22.7 Å². The summed E-state index contributed by atoms with van der Waals surface area (Å²) in [5.41, 5.74) is 8.08. The van der Waals surface area contributed by atoms with E-state index in [9.17, 15) is 0 Å². The summed E-state index contributed by atoms with van der Waals surface area (Å²) < 4.78 is 10.6. The Kier molecular flexibility index (Phi) is 6.15. The predicted molar refractivity (Wildman–Crippen MR) is 231 cm³/mol. The molecule has 0 unspecified atom stereocenters. The number of rotatable bonds is 3. The molecule has 12 rings (SSSR count). The molecule has 0 amide bonds. The first-order chi connectivity index (χ1) is 26.3. The van der Waals surface area contributed by atoms with Crippen LogP contribution >= 0.6 is 22.7 Å². The first kappa shape index (κ1) is 29.3. The van der Waals surface area contributed by atoms with Crippen LogP contribution in [-0.4, -0.2) is 0 Å². The van der Waals surface area contributed by atoms with Crippen molar-refractivity contribution in [1.29, 1.82) is 0 Å². The molecule has 1 nitrogen and oxygen atoms in total. The van der Waals surface area contributed by atoms with Gasteiger partial charge in [-0.2, -0.15) is 0 Å². The summed E-state index contributed by atoms with van der Waals surface area (Å²) in [5, 5.41) is 13.8. The lowest BCUT2D eigenvalue weighted by atomic mass is 9.85. The van der Waals surface area contributed by atoms with Gasteiger partial charge in [0.2, 0.25) is 0 Å². The minimum absolute atomic E-state index is 0.913. The van der Waals surface area contributed by atoms with Crippen molar-refractivity contribution in [3.63, 3.8) is 0 Å². The van der Waals surface area contributed by atoms with Gasteiger partial charge in [-0.05, 0) is 95.9 Å². The van der Waals surface area contributed by atoms with Crippen LogP contribution in [0.3, 0.4) is 0 Å². The molecule has 3 heterocycles. The van der Waals surface area contributed by atoms with Gasteiger partial charge in [0.25, 0.3) is 0 Å². The maximum absolute atomic E-state index is 6.58. The van der Waals surface area contributed by atoms with Crippen molar-refractivity contribution in [2.24, 2.45) is 0 Å². The molecule has 0 aliphatic rings. The number of hydrogen-bond donors (Lipinski definition) is 0. The van der Waals surface area contributed by atoms with E-state index in [0.29, 0.717) is 0 Å². The molecular weight excluding hydrogens is 681 g/mol. The molecule has 0 atom stereocenters. The van der Waals surface area contributed by atoms with Gasteiger partial charge in [0, 0.05) is 31.1 Å². The fourth-order valence-corrected chi connectivity index (χ4v) is 11.3. The first-order valence-electron chi connectivity index (χ1n) is 18.0. The van der Waals surface area contributed by atoms with Crippen molar-refractivity contribution >= 4 is 107 Å². The van der Waals surface area contributed by atoms with Crippen molar-refractivity contribution in [1.82, 2.24) is 0 Å². The number of fused-ring (bicyclic) bond motifs is 12. The summed E-state index contributed by atoms with van der Waals surface area (Å²) in [5.74, 6) is 0. The standard InChI is InChI=1S/C50H28OS2/c1-2-12-30(13-3-1)44-28-32-22-25-40-48-39(19-10-20-43(48)52-50(40)49(32)53-44)46-36-17-8-6-15-34(36)45(35-16-7-9-18-37(35)46)31-21-24-38-42(27-31)51-41-26-23-29-11-4-5-14-33(29)47(38)41/h1-28H. The highest BCUT2D eigenvalue weighted by molar-refractivity contribution is 7.32. The normalized spacial score (nSPS) is 12.2. The fourth-order valence-electron chi connectivity index (χ4n) is 8.76. The van der Waals surface area contributed by atoms with Gasteiger partial charge in [-0.1, -0.05) is 140 Å². The van der Waals surface area contributed by atoms with Gasteiger partial charge in [-0.25, -0.2) is 0 Å². The van der Waals surface area contributed by atoms with Gasteiger partial charge < -0.3 is 4.42 Å². The third-order valence-corrected chi connectivity index (χ3v) is 13.6. The molecule has 0 spiro atoms. The zero-order chi connectivity index (χ0) is 34.6. The van der Waals surface area contributed by atoms with Crippen molar-refractivity contribution in [3.8, 4) is 32.7 Å². The Balaban J connectivity index is 1.12. The Morgan fingerprint density at radius 1 is 0.358 bits per heavy atom. The van der Waals surface area contributed by atoms with E-state index in [1.807, 2.05) is 22.7 Å². The minimum Gasteiger partial charge on any atom is -0.456 e. The van der Waals surface area contributed by atoms with Gasteiger partial charge in [0.05, 0.1) is 9.40 Å². The van der Waals surface area contributed by atoms with Crippen LogP contribution in [0.1, 0.15) is 0 Å². The average Bonchev–Trinajstić information content (AvgIpc) is 3.93. The highest BCUT2D eigenvalue weighted by Crippen LogP contribution is 2.50. The molecule has 0 saturated carbocycles. The van der Waals surface area contributed by atoms with E-state index in [4.69, 9.17) is 4.42 Å². The zero-order valence-corrected chi connectivity index (χ0v) is 30.0. The summed E-state index contributed by atoms with van der Waals surface area (Å²) in [7, 11) is 0. The van der Waals surface area contributed by atoms with Gasteiger partial charge in [0.1, 0.15) is 11.2 Å². The topological polar surface area (TPSA) is 13.1 Å². The molecule has 12 aromatic rings. The van der Waals surface area contributed by atoms with Crippen LogP contribution in [0.15, 0.2) is 174 Å². The van der Waals surface area contributed by atoms with E-state index < -0.39 is 0 Å². The smallest absolute Gasteiger partial charge is 0.136 e. The number of hydrogen-bond acceptors (Lipinski definition) is 3. The average molecular weight is 709 g/mol. The number of thiophene rings is 2. The highest BCUT2D eigenvalue weighted by atomic mass is 32.1. The van der Waals surface area contributed by atoms with Crippen LogP contribution in [0.5, 0.6) is 0 Å². The molecule has 0 radical (unpaired) electrons. The SMILES string of the molecule is c1ccc(-c2cc3ccc4c(sc5cccc(-c6c7ccccc7c(-c7ccc8c(c7)oc7ccc9ccccc9c78)c7ccccc67)c54)c3s2)cc1. The molecule has 0 saturated heterocycles. The Labute approximate surface area is 312 Å². The summed E-state index contributed by atoms with van der Waals surface area (Å²) in [4.78, 5) is 1.31. The third kappa shape index (κ3) is 4.24. The maximum atomic E-state index is 6.58. The summed E-state index contributed by atoms with van der Waals surface area (Å²) in [6.07, 6.45) is 0. The van der Waals surface area contributed by atoms with E-state index in [2.05, 4.69) is 170 Å². The van der Waals surface area contributed by atoms with E-state index in [0.717, 1.165) is 22.1 Å². The van der Waals surface area contributed by atoms with Crippen molar-refractivity contribution in [3.05, 3.63) is 170 Å². The van der Waals surface area contributed by atoms with E-state index in [1.54, 1.807) is 0 Å². The van der Waals surface area contributed by atoms with E-state index >= 15 is 0 Å². The van der Waals surface area contributed by atoms with Gasteiger partial charge >= 0.3 is 0 Å². The molecule has 3 aromatic heterocycles. The van der Waals surface area contributed by atoms with Crippen molar-refractivity contribution in [2.75, 3.05) is 0 Å². The molecule has 9 aromatic carbocycles. The van der Waals surface area contributed by atoms with Crippen molar-refractivity contribution < 1.29 is 4.42 Å². The summed E-state index contributed by atoms with van der Waals surface area (Å²) in [6.45, 7) is 0. The lowest BCUT2D eigenvalue weighted by Gasteiger charge is -2.18. The molecule has 0 N–H and O–H groups in total. The molecular formula is C50H28OS2. The third-order valence-electron chi connectivity index (χ3n) is 11.1. The second-order valence-corrected chi connectivity index (χ2v) is 16.0. The zero-order valence-electron chi connectivity index (χ0n) is 28.4. The van der Waals surface area contributed by atoms with Crippen LogP contribution < -0.4 is 0 Å². The van der Waals surface area contributed by atoms with Crippen LogP contribution in [0.25, 0.3) is 117 Å². The second-order valence-electron chi connectivity index (χ2n) is 13.9. The Hall–Kier alpha value is -6.26. The molecule has 246 valence electrons. The van der Waals surface area contributed by atoms with Gasteiger partial charge in [-0.3, -0.25) is 0 Å². The Morgan fingerprint density at radius 3 is 1.83 bits per heavy atom. The number of benzene rings is 9. The molecule has 53 heavy (non-hydrogen) atoms. The van der Waals surface area contributed by atoms with Crippen LogP contribution in [0, 0.1) is 0 Å². The quantitative estimate of drug-likeness (QED) is 0.167. The van der Waals surface area contributed by atoms with Crippen LogP contribution in [0.2, 0.25) is 0 Å². The fraction of sp³-hybridized carbons (Fsp3) is 0. The Morgan fingerprint density at radius 2 is 1.04 bits per heavy atom. The Bertz CT molecular complexity index is 3390. The van der Waals surface area contributed by atoms with Crippen LogP contribution in [0.4, 0.5) is 0 Å². The largest absolute Gasteiger partial charge is 0.456 e. The van der Waals surface area contributed by atoms with E-state index in [1.165, 1.54) is 95.1 Å².